The predicted octanol–water partition coefficient (Wildman–Crippen LogP) is 6.61. The number of para-hydroxylation sites is 2. The topological polar surface area (TPSA) is 67.5 Å². The second-order valence-electron chi connectivity index (χ2n) is 12.4. The summed E-state index contributed by atoms with van der Waals surface area (Å²) in [6, 6.07) is 13.3. The maximum atomic E-state index is 14.1. The number of carbonyl (C=O) groups excluding carboxylic acids is 1. The first-order valence-electron chi connectivity index (χ1n) is 14.9. The van der Waals surface area contributed by atoms with E-state index in [0.717, 1.165) is 60.3 Å². The minimum atomic E-state index is -0.637. The van der Waals surface area contributed by atoms with Gasteiger partial charge in [-0.2, -0.15) is 0 Å². The van der Waals surface area contributed by atoms with Crippen LogP contribution < -0.4 is 0 Å². The molecular weight excluding hydrogens is 505 g/mol. The highest BCUT2D eigenvalue weighted by Gasteiger charge is 2.47. The van der Waals surface area contributed by atoms with Crippen LogP contribution in [0.5, 0.6) is 0 Å². The number of benzene rings is 2. The molecule has 0 amide bonds. The van der Waals surface area contributed by atoms with Crippen LogP contribution in [0.4, 0.5) is 4.39 Å². The van der Waals surface area contributed by atoms with Crippen LogP contribution in [0.2, 0.25) is 0 Å². The number of fused-ring (bicyclic) bond motifs is 2. The number of rotatable bonds is 10. The summed E-state index contributed by atoms with van der Waals surface area (Å²) in [6.45, 7) is 6.15. The Labute approximate surface area is 237 Å². The van der Waals surface area contributed by atoms with Crippen LogP contribution in [0.1, 0.15) is 81.2 Å². The molecule has 0 unspecified atom stereocenters. The molecule has 1 aromatic heterocycles. The van der Waals surface area contributed by atoms with Crippen LogP contribution in [0, 0.1) is 17.7 Å². The van der Waals surface area contributed by atoms with Gasteiger partial charge in [-0.25, -0.2) is 14.2 Å². The monoisotopic (exact) mass is 549 g/mol. The molecule has 0 radical (unpaired) electrons. The van der Waals surface area contributed by atoms with E-state index in [0.29, 0.717) is 24.7 Å². The predicted molar refractivity (Wildman–Crippen MR) is 156 cm³/mol. The summed E-state index contributed by atoms with van der Waals surface area (Å²) in [5.74, 6) is 1.98. The summed E-state index contributed by atoms with van der Waals surface area (Å²) < 4.78 is 25.5. The molecule has 5 rings (SSSR count). The number of H-pyrrole nitrogens is 1. The van der Waals surface area contributed by atoms with Crippen molar-refractivity contribution in [2.75, 3.05) is 33.9 Å². The minimum Gasteiger partial charge on any atom is -0.457 e. The van der Waals surface area contributed by atoms with Gasteiger partial charge < -0.3 is 19.4 Å². The molecule has 0 aliphatic heterocycles. The molecule has 1 saturated carbocycles. The molecule has 2 aromatic carbocycles. The summed E-state index contributed by atoms with van der Waals surface area (Å²) in [4.78, 5) is 23.6. The number of aryl methyl sites for hydroxylation is 1. The van der Waals surface area contributed by atoms with Crippen LogP contribution in [0.25, 0.3) is 11.0 Å². The molecular formula is C33H44FN3O3. The number of ether oxygens (including phenoxy) is 2. The number of aromatic amines is 1. The zero-order valence-corrected chi connectivity index (χ0v) is 24.4. The van der Waals surface area contributed by atoms with Crippen molar-refractivity contribution in [3.63, 3.8) is 0 Å². The number of imidazole rings is 1. The van der Waals surface area contributed by atoms with Gasteiger partial charge >= 0.3 is 5.97 Å². The lowest BCUT2D eigenvalue weighted by molar-refractivity contribution is -0.172. The number of hydrogen-bond donors (Lipinski definition) is 1. The number of halogens is 1. The first-order valence-corrected chi connectivity index (χ1v) is 14.9. The van der Waals surface area contributed by atoms with Gasteiger partial charge in [-0.15, -0.1) is 0 Å². The van der Waals surface area contributed by atoms with Gasteiger partial charge in [-0.1, -0.05) is 32.0 Å². The van der Waals surface area contributed by atoms with E-state index in [1.54, 1.807) is 6.07 Å². The summed E-state index contributed by atoms with van der Waals surface area (Å²) in [5.41, 5.74) is 3.68. The first-order chi connectivity index (χ1) is 19.3. The van der Waals surface area contributed by atoms with Crippen LogP contribution in [-0.2, 0) is 20.7 Å². The molecule has 2 atom stereocenters. The van der Waals surface area contributed by atoms with Crippen molar-refractivity contribution in [1.82, 2.24) is 14.9 Å². The molecule has 216 valence electrons. The lowest BCUT2D eigenvalue weighted by atomic mass is 9.65. The van der Waals surface area contributed by atoms with Crippen LogP contribution >= 0.6 is 0 Å². The van der Waals surface area contributed by atoms with E-state index >= 15 is 0 Å². The fraction of sp³-hybridized carbons (Fsp3) is 0.576. The lowest BCUT2D eigenvalue weighted by Crippen LogP contribution is -2.49. The molecule has 7 heteroatoms. The van der Waals surface area contributed by atoms with Crippen molar-refractivity contribution < 1.29 is 18.7 Å². The highest BCUT2D eigenvalue weighted by molar-refractivity contribution is 5.74. The average Bonchev–Trinajstić information content (AvgIpc) is 3.37. The molecule has 0 bridgehead atoms. The second kappa shape index (κ2) is 12.4. The maximum Gasteiger partial charge on any atom is 0.332 e. The quantitative estimate of drug-likeness (QED) is 0.288. The Morgan fingerprint density at radius 1 is 1.18 bits per heavy atom. The Bertz CT molecular complexity index is 1270. The second-order valence-corrected chi connectivity index (χ2v) is 12.4. The third kappa shape index (κ3) is 6.26. The zero-order valence-electron chi connectivity index (χ0n) is 24.4. The Balaban J connectivity index is 1.23. The largest absolute Gasteiger partial charge is 0.457 e. The van der Waals surface area contributed by atoms with E-state index in [2.05, 4.69) is 49.0 Å². The van der Waals surface area contributed by atoms with Crippen molar-refractivity contribution in [1.29, 1.82) is 0 Å². The van der Waals surface area contributed by atoms with E-state index in [4.69, 9.17) is 14.5 Å². The van der Waals surface area contributed by atoms with E-state index < -0.39 is 5.60 Å². The number of nitrogens with one attached hydrogen (secondary N) is 1. The molecule has 0 spiro atoms. The third-order valence-electron chi connectivity index (χ3n) is 9.20. The molecule has 1 heterocycles. The molecule has 6 nitrogen and oxygen atoms in total. The highest BCUT2D eigenvalue weighted by atomic mass is 19.1. The van der Waals surface area contributed by atoms with E-state index in [9.17, 15) is 9.18 Å². The van der Waals surface area contributed by atoms with E-state index in [1.165, 1.54) is 26.0 Å². The fourth-order valence-corrected chi connectivity index (χ4v) is 7.36. The van der Waals surface area contributed by atoms with Gasteiger partial charge in [0, 0.05) is 38.5 Å². The van der Waals surface area contributed by atoms with Crippen LogP contribution in [-0.4, -0.2) is 60.3 Å². The Hall–Kier alpha value is -2.77. The molecule has 0 saturated heterocycles. The summed E-state index contributed by atoms with van der Waals surface area (Å²) in [6.07, 6.45) is 6.82. The number of hydrogen-bond acceptors (Lipinski definition) is 5. The minimum absolute atomic E-state index is 0.00491. The number of nitrogens with zero attached hydrogens (tertiary/aromatic N) is 2. The molecule has 1 N–H and O–H groups in total. The summed E-state index contributed by atoms with van der Waals surface area (Å²) >= 11 is 0. The Kier molecular flexibility index (Phi) is 8.91. The molecule has 2 aliphatic rings. The standard InChI is InChI=1S/C33H44FN3O3/c1-22(2)31-27-14-13-26(34)19-25(27)15-16-33(31,40-30(38)21-39-4)17-18-37(3)20-23-9-11-24(12-10-23)32-35-28-7-5-6-8-29(28)36-32/h5-8,13-14,19,22-24,31H,9-12,15-18,20-21H2,1-4H3,(H,35,36)/t23-,24-,31-,33-/m0/s1. The Morgan fingerprint density at radius 2 is 1.95 bits per heavy atom. The van der Waals surface area contributed by atoms with Gasteiger partial charge in [0.15, 0.2) is 0 Å². The number of esters is 1. The smallest absolute Gasteiger partial charge is 0.332 e. The fourth-order valence-electron chi connectivity index (χ4n) is 7.36. The van der Waals surface area contributed by atoms with Crippen molar-refractivity contribution in [3.05, 3.63) is 65.2 Å². The van der Waals surface area contributed by atoms with Gasteiger partial charge in [0.1, 0.15) is 23.8 Å². The normalized spacial score (nSPS) is 24.9. The highest BCUT2D eigenvalue weighted by Crippen LogP contribution is 2.48. The Morgan fingerprint density at radius 3 is 2.67 bits per heavy atom. The number of aromatic nitrogens is 2. The van der Waals surface area contributed by atoms with Crippen molar-refractivity contribution in [3.8, 4) is 0 Å². The zero-order chi connectivity index (χ0) is 28.3. The van der Waals surface area contributed by atoms with Crippen LogP contribution in [0.3, 0.4) is 0 Å². The van der Waals surface area contributed by atoms with Gasteiger partial charge in [0.05, 0.1) is 11.0 Å². The molecule has 1 fully saturated rings. The average molecular weight is 550 g/mol. The van der Waals surface area contributed by atoms with Crippen molar-refractivity contribution in [2.24, 2.45) is 11.8 Å². The van der Waals surface area contributed by atoms with E-state index in [1.807, 2.05) is 12.1 Å². The van der Waals surface area contributed by atoms with Gasteiger partial charge in [-0.05, 0) is 92.8 Å². The first kappa shape index (κ1) is 28.7. The molecule has 3 aromatic rings. The SMILES string of the molecule is COCC(=O)O[C@]1(CCN(C)C[C@H]2CC[C@H](c3nc4ccccc4[nH]3)CC2)CCc2cc(F)ccc2[C@@H]1C(C)C. The summed E-state index contributed by atoms with van der Waals surface area (Å²) in [5, 5.41) is 0. The molecule has 2 aliphatic carbocycles. The van der Waals surface area contributed by atoms with Gasteiger partial charge in [0.25, 0.3) is 0 Å². The van der Waals surface area contributed by atoms with Gasteiger partial charge in [0.2, 0.25) is 0 Å². The van der Waals surface area contributed by atoms with Gasteiger partial charge in [-0.3, -0.25) is 0 Å². The number of carbonyl (C=O) groups is 1. The van der Waals surface area contributed by atoms with Crippen LogP contribution in [0.15, 0.2) is 42.5 Å². The van der Waals surface area contributed by atoms with E-state index in [-0.39, 0.29) is 30.2 Å². The molecule has 40 heavy (non-hydrogen) atoms. The van der Waals surface area contributed by atoms with Crippen molar-refractivity contribution >= 4 is 17.0 Å². The summed E-state index contributed by atoms with van der Waals surface area (Å²) in [7, 11) is 3.70. The van der Waals surface area contributed by atoms with Crippen molar-refractivity contribution in [2.45, 2.75) is 76.2 Å². The lowest BCUT2D eigenvalue weighted by Gasteiger charge is -2.47. The third-order valence-corrected chi connectivity index (χ3v) is 9.20. The maximum absolute atomic E-state index is 14.1. The number of methoxy groups -OCH3 is 1.